The Hall–Kier alpha value is -2.45. The first-order chi connectivity index (χ1) is 11.3. The predicted octanol–water partition coefficient (Wildman–Crippen LogP) is 3.29. The summed E-state index contributed by atoms with van der Waals surface area (Å²) in [6.07, 6.45) is 0. The number of carbonyl (C=O) groups excluding carboxylic acids is 1. The third-order valence-corrected chi connectivity index (χ3v) is 4.34. The molecule has 0 spiro atoms. The van der Waals surface area contributed by atoms with E-state index in [1.54, 1.807) is 30.6 Å². The van der Waals surface area contributed by atoms with Gasteiger partial charge in [0.15, 0.2) is 23.9 Å². The van der Waals surface area contributed by atoms with E-state index in [-0.39, 0.29) is 12.5 Å². The summed E-state index contributed by atoms with van der Waals surface area (Å²) in [4.78, 5) is 17.2. The van der Waals surface area contributed by atoms with Crippen molar-refractivity contribution in [3.63, 3.8) is 0 Å². The number of methoxy groups -OCH3 is 1. The standard InChI is InChI=1S/C15H13N3O3S2/c1-20-10-5-2-3-6-11(10)21-9-13(19)16-15-17-14(18-23-15)12-7-4-8-22-12/h2-8H,9H2,1H3,(H,16,17,18,19). The van der Waals surface area contributed by atoms with Gasteiger partial charge in [-0.3, -0.25) is 10.1 Å². The van der Waals surface area contributed by atoms with Crippen LogP contribution in [0, 0.1) is 0 Å². The molecule has 6 nitrogen and oxygen atoms in total. The molecule has 118 valence electrons. The third-order valence-electron chi connectivity index (χ3n) is 2.84. The monoisotopic (exact) mass is 347 g/mol. The number of nitrogens with zero attached hydrogens (tertiary/aromatic N) is 2. The van der Waals surface area contributed by atoms with Crippen LogP contribution in [0.25, 0.3) is 10.7 Å². The van der Waals surface area contributed by atoms with Gasteiger partial charge in [-0.15, -0.1) is 11.3 Å². The van der Waals surface area contributed by atoms with E-state index in [0.29, 0.717) is 22.5 Å². The second kappa shape index (κ2) is 7.21. The molecule has 2 heterocycles. The summed E-state index contributed by atoms with van der Waals surface area (Å²) in [5, 5.41) is 5.08. The van der Waals surface area contributed by atoms with E-state index in [1.807, 2.05) is 29.6 Å². The summed E-state index contributed by atoms with van der Waals surface area (Å²) >= 11 is 2.69. The second-order valence-electron chi connectivity index (χ2n) is 4.39. The summed E-state index contributed by atoms with van der Waals surface area (Å²) in [6.45, 7) is -0.131. The summed E-state index contributed by atoms with van der Waals surface area (Å²) in [6, 6.07) is 11.0. The van der Waals surface area contributed by atoms with Crippen molar-refractivity contribution in [2.24, 2.45) is 0 Å². The zero-order chi connectivity index (χ0) is 16.1. The van der Waals surface area contributed by atoms with Crippen molar-refractivity contribution in [2.45, 2.75) is 0 Å². The van der Waals surface area contributed by atoms with Crippen LogP contribution in [-0.2, 0) is 4.79 Å². The van der Waals surface area contributed by atoms with Crippen LogP contribution >= 0.6 is 22.9 Å². The van der Waals surface area contributed by atoms with Crippen LogP contribution in [0.5, 0.6) is 11.5 Å². The van der Waals surface area contributed by atoms with Crippen LogP contribution in [0.3, 0.4) is 0 Å². The SMILES string of the molecule is COc1ccccc1OCC(=O)Nc1nc(-c2cccs2)ns1. The zero-order valence-electron chi connectivity index (χ0n) is 12.2. The highest BCUT2D eigenvalue weighted by Crippen LogP contribution is 2.26. The molecule has 1 amide bonds. The van der Waals surface area contributed by atoms with Gasteiger partial charge in [-0.25, -0.2) is 0 Å². The second-order valence-corrected chi connectivity index (χ2v) is 6.09. The third kappa shape index (κ3) is 3.85. The van der Waals surface area contributed by atoms with Gasteiger partial charge in [-0.1, -0.05) is 18.2 Å². The highest BCUT2D eigenvalue weighted by molar-refractivity contribution is 7.14. The zero-order valence-corrected chi connectivity index (χ0v) is 13.8. The quantitative estimate of drug-likeness (QED) is 0.741. The first-order valence-corrected chi connectivity index (χ1v) is 8.35. The number of hydrogen-bond donors (Lipinski definition) is 1. The molecular weight excluding hydrogens is 334 g/mol. The van der Waals surface area contributed by atoms with Crippen molar-refractivity contribution in [3.8, 4) is 22.2 Å². The van der Waals surface area contributed by atoms with Crippen LogP contribution in [0.15, 0.2) is 41.8 Å². The fraction of sp³-hybridized carbons (Fsp3) is 0.133. The number of anilines is 1. The highest BCUT2D eigenvalue weighted by atomic mass is 32.1. The van der Waals surface area contributed by atoms with Gasteiger partial charge in [0.2, 0.25) is 5.13 Å². The molecule has 0 aliphatic heterocycles. The molecule has 23 heavy (non-hydrogen) atoms. The van der Waals surface area contributed by atoms with Crippen LogP contribution in [0.4, 0.5) is 5.13 Å². The molecule has 0 aliphatic rings. The van der Waals surface area contributed by atoms with Crippen LogP contribution in [-0.4, -0.2) is 29.0 Å². The maximum absolute atomic E-state index is 11.9. The van der Waals surface area contributed by atoms with Gasteiger partial charge >= 0.3 is 0 Å². The molecule has 8 heteroatoms. The number of aromatic nitrogens is 2. The topological polar surface area (TPSA) is 73.3 Å². The van der Waals surface area contributed by atoms with Crippen molar-refractivity contribution in [1.82, 2.24) is 9.36 Å². The lowest BCUT2D eigenvalue weighted by Crippen LogP contribution is -2.20. The minimum absolute atomic E-state index is 0.131. The molecule has 0 atom stereocenters. The van der Waals surface area contributed by atoms with Gasteiger partial charge in [0.1, 0.15) is 0 Å². The Morgan fingerprint density at radius 3 is 2.78 bits per heavy atom. The number of rotatable bonds is 6. The molecule has 0 aliphatic carbocycles. The van der Waals surface area contributed by atoms with E-state index in [4.69, 9.17) is 9.47 Å². The van der Waals surface area contributed by atoms with Gasteiger partial charge in [-0.2, -0.15) is 9.36 Å². The smallest absolute Gasteiger partial charge is 0.264 e. The molecule has 0 bridgehead atoms. The number of hydrogen-bond acceptors (Lipinski definition) is 7. The highest BCUT2D eigenvalue weighted by Gasteiger charge is 2.11. The minimum atomic E-state index is -0.301. The Morgan fingerprint density at radius 1 is 1.22 bits per heavy atom. The Labute approximate surface area is 140 Å². The minimum Gasteiger partial charge on any atom is -0.493 e. The number of amides is 1. The normalized spacial score (nSPS) is 10.3. The number of para-hydroxylation sites is 2. The fourth-order valence-electron chi connectivity index (χ4n) is 1.82. The molecule has 0 unspecified atom stereocenters. The van der Waals surface area contributed by atoms with E-state index in [1.165, 1.54) is 0 Å². The fourth-order valence-corrected chi connectivity index (χ4v) is 3.13. The molecule has 0 radical (unpaired) electrons. The average molecular weight is 347 g/mol. The van der Waals surface area contributed by atoms with Gasteiger partial charge in [0.25, 0.3) is 5.91 Å². The lowest BCUT2D eigenvalue weighted by atomic mass is 10.3. The first-order valence-electron chi connectivity index (χ1n) is 6.69. The van der Waals surface area contributed by atoms with Gasteiger partial charge < -0.3 is 9.47 Å². The largest absolute Gasteiger partial charge is 0.493 e. The van der Waals surface area contributed by atoms with E-state index in [0.717, 1.165) is 16.4 Å². The van der Waals surface area contributed by atoms with E-state index in [2.05, 4.69) is 14.7 Å². The maximum atomic E-state index is 11.9. The van der Waals surface area contributed by atoms with Gasteiger partial charge in [0.05, 0.1) is 12.0 Å². The van der Waals surface area contributed by atoms with Crippen molar-refractivity contribution in [3.05, 3.63) is 41.8 Å². The lowest BCUT2D eigenvalue weighted by molar-refractivity contribution is -0.118. The predicted molar refractivity (Wildman–Crippen MR) is 90.3 cm³/mol. The Kier molecular flexibility index (Phi) is 4.84. The first kappa shape index (κ1) is 15.4. The molecule has 3 rings (SSSR count). The number of nitrogens with one attached hydrogen (secondary N) is 1. The summed E-state index contributed by atoms with van der Waals surface area (Å²) in [5.74, 6) is 1.41. The maximum Gasteiger partial charge on any atom is 0.264 e. The van der Waals surface area contributed by atoms with Gasteiger partial charge in [-0.05, 0) is 23.6 Å². The van der Waals surface area contributed by atoms with Crippen molar-refractivity contribution >= 4 is 33.9 Å². The number of benzene rings is 1. The summed E-state index contributed by atoms with van der Waals surface area (Å²) in [7, 11) is 1.55. The Bertz CT molecular complexity index is 787. The molecule has 0 fully saturated rings. The van der Waals surface area contributed by atoms with Crippen molar-refractivity contribution < 1.29 is 14.3 Å². The van der Waals surface area contributed by atoms with E-state index in [9.17, 15) is 4.79 Å². The van der Waals surface area contributed by atoms with Crippen LogP contribution in [0.1, 0.15) is 0 Å². The number of ether oxygens (including phenoxy) is 2. The van der Waals surface area contributed by atoms with Crippen molar-refractivity contribution in [2.75, 3.05) is 19.0 Å². The molecule has 1 N–H and O–H groups in total. The number of carbonyl (C=O) groups is 1. The number of thiophene rings is 1. The summed E-state index contributed by atoms with van der Waals surface area (Å²) in [5.41, 5.74) is 0. The lowest BCUT2D eigenvalue weighted by Gasteiger charge is -2.09. The summed E-state index contributed by atoms with van der Waals surface area (Å²) < 4.78 is 14.9. The van der Waals surface area contributed by atoms with Gasteiger partial charge in [0, 0.05) is 11.5 Å². The molecule has 3 aromatic rings. The molecule has 0 saturated heterocycles. The Balaban J connectivity index is 1.57. The van der Waals surface area contributed by atoms with Crippen LogP contribution < -0.4 is 14.8 Å². The van der Waals surface area contributed by atoms with E-state index >= 15 is 0 Å². The van der Waals surface area contributed by atoms with Crippen molar-refractivity contribution in [1.29, 1.82) is 0 Å². The molecule has 1 aromatic carbocycles. The molecular formula is C15H13N3O3S2. The van der Waals surface area contributed by atoms with Crippen LogP contribution in [0.2, 0.25) is 0 Å². The average Bonchev–Trinajstić information content (AvgIpc) is 3.24. The Morgan fingerprint density at radius 2 is 2.04 bits per heavy atom. The van der Waals surface area contributed by atoms with E-state index < -0.39 is 0 Å². The molecule has 0 saturated carbocycles. The molecule has 2 aromatic heterocycles.